The molecule has 5 heteroatoms. The first-order chi connectivity index (χ1) is 11.6. The molecular weight excluding hydrogens is 318 g/mol. The van der Waals surface area contributed by atoms with Crippen LogP contribution < -0.4 is 5.32 Å². The molecule has 1 aromatic carbocycles. The van der Waals surface area contributed by atoms with E-state index in [1.165, 1.54) is 10.9 Å². The zero-order valence-electron chi connectivity index (χ0n) is 14.3. The molecule has 0 fully saturated rings. The van der Waals surface area contributed by atoms with Crippen LogP contribution in [0.3, 0.4) is 0 Å². The summed E-state index contributed by atoms with van der Waals surface area (Å²) in [5.41, 5.74) is 3.45. The molecule has 2 heterocycles. The molecule has 0 spiro atoms. The van der Waals surface area contributed by atoms with Crippen LogP contribution in [0.5, 0.6) is 0 Å². The predicted molar refractivity (Wildman–Crippen MR) is 100 cm³/mol. The standard InChI is InChI=1S/C19H23N3OS/c1-14-10-15-6-4-5-7-17(15)22(14)12-19(23)20-11-18(21(2)3)16-8-9-24-13-16/h4-10,13,18H,11-12H2,1-3H3,(H,20,23)/t18-/m0/s1. The van der Waals surface area contributed by atoms with Crippen LogP contribution in [0, 0.1) is 6.92 Å². The molecular formula is C19H23N3OS. The Morgan fingerprint density at radius 1 is 1.29 bits per heavy atom. The zero-order valence-corrected chi connectivity index (χ0v) is 15.1. The number of hydrogen-bond donors (Lipinski definition) is 1. The van der Waals surface area contributed by atoms with Crippen LogP contribution in [0.1, 0.15) is 17.3 Å². The zero-order chi connectivity index (χ0) is 17.1. The van der Waals surface area contributed by atoms with Crippen LogP contribution in [0.4, 0.5) is 0 Å². The topological polar surface area (TPSA) is 37.3 Å². The van der Waals surface area contributed by atoms with E-state index >= 15 is 0 Å². The second-order valence-electron chi connectivity index (χ2n) is 6.27. The van der Waals surface area contributed by atoms with Crippen molar-refractivity contribution in [3.8, 4) is 0 Å². The maximum atomic E-state index is 12.5. The third-order valence-corrected chi connectivity index (χ3v) is 5.06. The van der Waals surface area contributed by atoms with Crippen LogP contribution in [-0.2, 0) is 11.3 Å². The molecule has 0 unspecified atom stereocenters. The number of fused-ring (bicyclic) bond motifs is 1. The highest BCUT2D eigenvalue weighted by Gasteiger charge is 2.16. The van der Waals surface area contributed by atoms with Crippen LogP contribution in [0.25, 0.3) is 10.9 Å². The summed E-state index contributed by atoms with van der Waals surface area (Å²) >= 11 is 1.68. The smallest absolute Gasteiger partial charge is 0.240 e. The summed E-state index contributed by atoms with van der Waals surface area (Å²) in [5, 5.41) is 8.47. The minimum absolute atomic E-state index is 0.0431. The molecule has 3 rings (SSSR count). The number of aryl methyl sites for hydroxylation is 1. The lowest BCUT2D eigenvalue weighted by atomic mass is 10.1. The van der Waals surface area contributed by atoms with Gasteiger partial charge in [0.05, 0.1) is 6.04 Å². The number of benzene rings is 1. The monoisotopic (exact) mass is 341 g/mol. The molecule has 126 valence electrons. The van der Waals surface area contributed by atoms with E-state index in [1.807, 2.05) is 33.2 Å². The molecule has 0 aliphatic heterocycles. The average Bonchev–Trinajstić information content (AvgIpc) is 3.16. The van der Waals surface area contributed by atoms with E-state index in [2.05, 4.69) is 49.8 Å². The third kappa shape index (κ3) is 3.52. The van der Waals surface area contributed by atoms with E-state index in [-0.39, 0.29) is 11.9 Å². The van der Waals surface area contributed by atoms with Gasteiger partial charge in [-0.25, -0.2) is 0 Å². The van der Waals surface area contributed by atoms with Crippen molar-refractivity contribution in [2.24, 2.45) is 0 Å². The predicted octanol–water partition coefficient (Wildman–Crippen LogP) is 3.43. The van der Waals surface area contributed by atoms with Gasteiger partial charge < -0.3 is 14.8 Å². The van der Waals surface area contributed by atoms with Crippen LogP contribution >= 0.6 is 11.3 Å². The van der Waals surface area contributed by atoms with Gasteiger partial charge in [0.15, 0.2) is 0 Å². The molecule has 3 aromatic rings. The average molecular weight is 341 g/mol. The number of amides is 1. The van der Waals surface area contributed by atoms with Crippen LogP contribution in [0.2, 0.25) is 0 Å². The minimum atomic E-state index is 0.0431. The van der Waals surface area contributed by atoms with Gasteiger partial charge in [-0.3, -0.25) is 4.79 Å². The summed E-state index contributed by atoms with van der Waals surface area (Å²) in [6.07, 6.45) is 0. The van der Waals surface area contributed by atoms with Gasteiger partial charge in [-0.15, -0.1) is 0 Å². The number of para-hydroxylation sites is 1. The van der Waals surface area contributed by atoms with Crippen LogP contribution in [0.15, 0.2) is 47.2 Å². The van der Waals surface area contributed by atoms with Crippen molar-refractivity contribution < 1.29 is 4.79 Å². The fraction of sp³-hybridized carbons (Fsp3) is 0.316. The number of thiophene rings is 1. The van der Waals surface area contributed by atoms with Crippen molar-refractivity contribution in [1.82, 2.24) is 14.8 Å². The number of hydrogen-bond acceptors (Lipinski definition) is 3. The number of carbonyl (C=O) groups excluding carboxylic acids is 1. The molecule has 24 heavy (non-hydrogen) atoms. The lowest BCUT2D eigenvalue weighted by Gasteiger charge is -2.24. The Labute approximate surface area is 146 Å². The van der Waals surface area contributed by atoms with E-state index in [4.69, 9.17) is 0 Å². The molecule has 0 saturated heterocycles. The number of nitrogens with one attached hydrogen (secondary N) is 1. The molecule has 1 atom stereocenters. The molecule has 0 bridgehead atoms. The van der Waals surface area contributed by atoms with E-state index in [0.29, 0.717) is 13.1 Å². The molecule has 4 nitrogen and oxygen atoms in total. The fourth-order valence-corrected chi connectivity index (χ4v) is 3.74. The number of rotatable bonds is 6. The van der Waals surface area contributed by atoms with Crippen molar-refractivity contribution in [3.63, 3.8) is 0 Å². The Hall–Kier alpha value is -2.11. The Bertz CT molecular complexity index is 820. The van der Waals surface area contributed by atoms with Gasteiger partial charge in [-0.2, -0.15) is 11.3 Å². The Balaban J connectivity index is 1.68. The lowest BCUT2D eigenvalue weighted by molar-refractivity contribution is -0.121. The maximum absolute atomic E-state index is 12.5. The summed E-state index contributed by atoms with van der Waals surface area (Å²) < 4.78 is 2.07. The molecule has 2 aromatic heterocycles. The van der Waals surface area contributed by atoms with Gasteiger partial charge in [0.2, 0.25) is 5.91 Å². The normalized spacial score (nSPS) is 12.7. The first-order valence-corrected chi connectivity index (χ1v) is 9.00. The van der Waals surface area contributed by atoms with Gasteiger partial charge in [0, 0.05) is 17.8 Å². The number of aromatic nitrogens is 1. The number of nitrogens with zero attached hydrogens (tertiary/aromatic N) is 2. The highest BCUT2D eigenvalue weighted by atomic mass is 32.1. The van der Waals surface area contributed by atoms with Gasteiger partial charge in [-0.1, -0.05) is 18.2 Å². The quantitative estimate of drug-likeness (QED) is 0.746. The first kappa shape index (κ1) is 16.7. The molecule has 0 aliphatic carbocycles. The molecule has 1 N–H and O–H groups in total. The summed E-state index contributed by atoms with van der Waals surface area (Å²) in [6, 6.07) is 12.6. The lowest BCUT2D eigenvalue weighted by Crippen LogP contribution is -2.36. The Kier molecular flexibility index (Phi) is 5.02. The van der Waals surface area contributed by atoms with Gasteiger partial charge in [0.1, 0.15) is 6.54 Å². The molecule has 0 saturated carbocycles. The largest absolute Gasteiger partial charge is 0.353 e. The van der Waals surface area contributed by atoms with Crippen molar-refractivity contribution in [3.05, 3.63) is 58.4 Å². The number of likely N-dealkylation sites (N-methyl/N-ethyl adjacent to an activating group) is 1. The van der Waals surface area contributed by atoms with Gasteiger partial charge >= 0.3 is 0 Å². The van der Waals surface area contributed by atoms with E-state index < -0.39 is 0 Å². The highest BCUT2D eigenvalue weighted by Crippen LogP contribution is 2.21. The van der Waals surface area contributed by atoms with E-state index in [1.54, 1.807) is 11.3 Å². The second-order valence-corrected chi connectivity index (χ2v) is 7.05. The van der Waals surface area contributed by atoms with Crippen molar-refractivity contribution in [1.29, 1.82) is 0 Å². The Morgan fingerprint density at radius 3 is 2.79 bits per heavy atom. The van der Waals surface area contributed by atoms with Crippen molar-refractivity contribution >= 4 is 28.1 Å². The van der Waals surface area contributed by atoms with Gasteiger partial charge in [-0.05, 0) is 60.9 Å². The summed E-state index contributed by atoms with van der Waals surface area (Å²) in [5.74, 6) is 0.0431. The molecule has 0 radical (unpaired) electrons. The summed E-state index contributed by atoms with van der Waals surface area (Å²) in [6.45, 7) is 3.01. The SMILES string of the molecule is Cc1cc2ccccc2n1CC(=O)NC[C@@H](c1ccsc1)N(C)C. The second kappa shape index (κ2) is 7.20. The van der Waals surface area contributed by atoms with Gasteiger partial charge in [0.25, 0.3) is 0 Å². The Morgan fingerprint density at radius 2 is 2.08 bits per heavy atom. The maximum Gasteiger partial charge on any atom is 0.240 e. The van der Waals surface area contributed by atoms with E-state index in [9.17, 15) is 4.79 Å². The van der Waals surface area contributed by atoms with Crippen molar-refractivity contribution in [2.45, 2.75) is 19.5 Å². The van der Waals surface area contributed by atoms with Crippen molar-refractivity contribution in [2.75, 3.05) is 20.6 Å². The first-order valence-electron chi connectivity index (χ1n) is 8.06. The minimum Gasteiger partial charge on any atom is -0.353 e. The third-order valence-electron chi connectivity index (χ3n) is 4.36. The number of carbonyl (C=O) groups is 1. The summed E-state index contributed by atoms with van der Waals surface area (Å²) in [4.78, 5) is 14.6. The summed E-state index contributed by atoms with van der Waals surface area (Å²) in [7, 11) is 4.08. The fourth-order valence-electron chi connectivity index (χ4n) is 3.03. The van der Waals surface area contributed by atoms with Crippen LogP contribution in [-0.4, -0.2) is 36.0 Å². The highest BCUT2D eigenvalue weighted by molar-refractivity contribution is 7.07. The molecule has 0 aliphatic rings. The van der Waals surface area contributed by atoms with E-state index in [0.717, 1.165) is 11.2 Å². The molecule has 1 amide bonds.